The number of pyridine rings is 13. The molecule has 0 atom stereocenters. The van der Waals surface area contributed by atoms with Crippen LogP contribution in [0.5, 0.6) is 0 Å². The van der Waals surface area contributed by atoms with E-state index < -0.39 is 0 Å². The number of benzene rings is 7. The quantitative estimate of drug-likeness (QED) is 0.0952. The van der Waals surface area contributed by atoms with Crippen molar-refractivity contribution in [3.8, 4) is 168 Å². The normalized spacial score (nSPS) is 10.6. The predicted octanol–water partition coefficient (Wildman–Crippen LogP) is 27.1. The summed E-state index contributed by atoms with van der Waals surface area (Å²) in [6, 6.07) is 116. The molecule has 0 radical (unpaired) electrons. The Hall–Kier alpha value is -16.5. The Morgan fingerprint density at radius 3 is 0.648 bits per heavy atom. The molecule has 0 amide bonds. The van der Waals surface area contributed by atoms with Crippen molar-refractivity contribution in [2.75, 3.05) is 0 Å². The van der Waals surface area contributed by atoms with Crippen LogP contribution < -0.4 is 0 Å². The lowest BCUT2D eigenvalue weighted by molar-refractivity contribution is 1.20. The Morgan fingerprint density at radius 1 is 0.136 bits per heavy atom. The molecule has 0 N–H and O–H groups in total. The minimum atomic E-state index is 0.939. The van der Waals surface area contributed by atoms with E-state index in [1.807, 2.05) is 265 Å². The first-order chi connectivity index (χ1) is 61.5. The molecular weight excluding hydrogens is 1530 g/mol. The standard InChI is InChI=1S/C24H19N.4C22H17N3/c1-18-12-24(17-25-16-18)23-14-21(19-8-4-2-5-9-19)13-22(15-23)20-10-6-3-7-11-20;1-16-5-2-8-22(25-16)21-12-19(17-6-3-9-23-14-17)11-20(13-21)18-7-4-10-24-15-18;1-16-7-6-10-22(25-16)19-14-17(20-8-2-4-11-23-20)13-18(15-19)21-9-3-5-12-24-21;1-16-10-20(15-23-14-16)17-11-18(21-6-2-4-8-24-21)13-19(12-17)22-7-3-5-9-25-22;1-16-3-2-4-22(25-16)21-14-19(17-5-9-23-10-6-17)13-20(15-21)18-7-11-24-12-8-18/h2-17H,1H3;4*2-15H,1H3. The lowest BCUT2D eigenvalue weighted by Crippen LogP contribution is -1.91. The number of hydrogen-bond donors (Lipinski definition) is 0. The van der Waals surface area contributed by atoms with E-state index in [0.29, 0.717) is 0 Å². The molecule has 13 heteroatoms. The van der Waals surface area contributed by atoms with Gasteiger partial charge in [0.25, 0.3) is 0 Å². The molecule has 0 bridgehead atoms. The summed E-state index contributed by atoms with van der Waals surface area (Å²) in [5.41, 5.74) is 37.9. The second-order valence-electron chi connectivity index (χ2n) is 30.0. The lowest BCUT2D eigenvalue weighted by Gasteiger charge is -2.11. The summed E-state index contributed by atoms with van der Waals surface area (Å²) in [6.07, 6.45) is 29.5. The molecule has 0 aliphatic carbocycles. The number of nitrogens with zero attached hydrogens (tertiary/aromatic N) is 13. The fourth-order valence-corrected chi connectivity index (χ4v) is 14.6. The van der Waals surface area contributed by atoms with Crippen molar-refractivity contribution in [1.82, 2.24) is 64.8 Å². The van der Waals surface area contributed by atoms with Gasteiger partial charge < -0.3 is 0 Å². The second kappa shape index (κ2) is 40.5. The summed E-state index contributed by atoms with van der Waals surface area (Å²) in [5, 5.41) is 0. The van der Waals surface area contributed by atoms with Crippen LogP contribution in [0.4, 0.5) is 0 Å². The van der Waals surface area contributed by atoms with Crippen molar-refractivity contribution in [1.29, 1.82) is 0 Å². The maximum absolute atomic E-state index is 4.69. The van der Waals surface area contributed by atoms with E-state index in [1.165, 1.54) is 33.4 Å². The summed E-state index contributed by atoms with van der Waals surface area (Å²) >= 11 is 0. The first-order valence-corrected chi connectivity index (χ1v) is 41.3. The molecule has 125 heavy (non-hydrogen) atoms. The molecule has 7 aromatic carbocycles. The van der Waals surface area contributed by atoms with E-state index >= 15 is 0 Å². The van der Waals surface area contributed by atoms with E-state index in [0.717, 1.165) is 163 Å². The highest BCUT2D eigenvalue weighted by molar-refractivity contribution is 5.85. The fourth-order valence-electron chi connectivity index (χ4n) is 14.6. The second-order valence-corrected chi connectivity index (χ2v) is 30.0. The van der Waals surface area contributed by atoms with Gasteiger partial charge in [0, 0.05) is 177 Å². The van der Waals surface area contributed by atoms with Crippen molar-refractivity contribution in [2.45, 2.75) is 34.6 Å². The molecule has 20 aromatic rings. The van der Waals surface area contributed by atoms with Gasteiger partial charge in [0.05, 0.1) is 39.9 Å². The smallest absolute Gasteiger partial charge is 0.0705 e. The van der Waals surface area contributed by atoms with Crippen molar-refractivity contribution < 1.29 is 0 Å². The molecule has 0 saturated heterocycles. The first-order valence-electron chi connectivity index (χ1n) is 41.3. The van der Waals surface area contributed by atoms with Crippen LogP contribution in [0.25, 0.3) is 168 Å². The van der Waals surface area contributed by atoms with Crippen molar-refractivity contribution in [3.05, 3.63) is 467 Å². The molecule has 0 spiro atoms. The van der Waals surface area contributed by atoms with Gasteiger partial charge in [0.15, 0.2) is 0 Å². The summed E-state index contributed by atoms with van der Waals surface area (Å²) < 4.78 is 0. The van der Waals surface area contributed by atoms with Gasteiger partial charge in [-0.2, -0.15) is 0 Å². The van der Waals surface area contributed by atoms with Crippen LogP contribution in [-0.2, 0) is 0 Å². The zero-order chi connectivity index (χ0) is 85.3. The molecule has 0 fully saturated rings. The zero-order valence-electron chi connectivity index (χ0n) is 69.9. The molecule has 0 aliphatic heterocycles. The highest BCUT2D eigenvalue weighted by Crippen LogP contribution is 2.39. The van der Waals surface area contributed by atoms with E-state index in [9.17, 15) is 0 Å². The van der Waals surface area contributed by atoms with Gasteiger partial charge >= 0.3 is 0 Å². The Kier molecular flexibility index (Phi) is 26.6. The molecule has 13 nitrogen and oxygen atoms in total. The minimum Gasteiger partial charge on any atom is -0.265 e. The average Bonchev–Trinajstić information content (AvgIpc) is 0.822. The third kappa shape index (κ3) is 21.9. The number of rotatable bonds is 15. The van der Waals surface area contributed by atoms with Gasteiger partial charge in [-0.25, -0.2) is 0 Å². The van der Waals surface area contributed by atoms with Crippen LogP contribution in [0.2, 0.25) is 0 Å². The predicted molar refractivity (Wildman–Crippen MR) is 509 cm³/mol. The molecular formula is C112H87N13. The lowest BCUT2D eigenvalue weighted by atomic mass is 9.93. The Morgan fingerprint density at radius 2 is 0.376 bits per heavy atom. The summed E-state index contributed by atoms with van der Waals surface area (Å²) in [5.74, 6) is 0. The minimum absolute atomic E-state index is 0.939. The Balaban J connectivity index is 0.000000115. The van der Waals surface area contributed by atoms with Gasteiger partial charge in [-0.1, -0.05) is 115 Å². The first kappa shape index (κ1) is 82.2. The topological polar surface area (TPSA) is 168 Å². The number of aromatic nitrogens is 13. The highest BCUT2D eigenvalue weighted by atomic mass is 14.7. The summed E-state index contributed by atoms with van der Waals surface area (Å²) in [6.45, 7) is 10.2. The highest BCUT2D eigenvalue weighted by Gasteiger charge is 2.16. The largest absolute Gasteiger partial charge is 0.265 e. The fraction of sp³-hybridized carbons (Fsp3) is 0.0446. The number of hydrogen-bond acceptors (Lipinski definition) is 13. The van der Waals surface area contributed by atoms with E-state index in [2.05, 4.69) is 261 Å². The van der Waals surface area contributed by atoms with Gasteiger partial charge in [0.2, 0.25) is 0 Å². The maximum atomic E-state index is 4.69. The van der Waals surface area contributed by atoms with E-state index in [1.54, 1.807) is 12.4 Å². The van der Waals surface area contributed by atoms with Crippen LogP contribution in [0.15, 0.2) is 439 Å². The molecule has 600 valence electrons. The van der Waals surface area contributed by atoms with Crippen LogP contribution >= 0.6 is 0 Å². The van der Waals surface area contributed by atoms with E-state index in [-0.39, 0.29) is 0 Å². The van der Waals surface area contributed by atoms with Crippen LogP contribution in [0, 0.1) is 34.6 Å². The van der Waals surface area contributed by atoms with Crippen LogP contribution in [0.3, 0.4) is 0 Å². The molecule has 0 unspecified atom stereocenters. The van der Waals surface area contributed by atoms with Gasteiger partial charge in [0.1, 0.15) is 0 Å². The number of aryl methyl sites for hydroxylation is 5. The third-order valence-electron chi connectivity index (χ3n) is 20.7. The monoisotopic (exact) mass is 1610 g/mol. The van der Waals surface area contributed by atoms with Crippen molar-refractivity contribution in [3.63, 3.8) is 0 Å². The maximum Gasteiger partial charge on any atom is 0.0705 e. The van der Waals surface area contributed by atoms with Crippen molar-refractivity contribution in [2.24, 2.45) is 0 Å². The zero-order valence-corrected chi connectivity index (χ0v) is 69.9. The van der Waals surface area contributed by atoms with Gasteiger partial charge in [-0.15, -0.1) is 0 Å². The molecule has 20 rings (SSSR count). The summed E-state index contributed by atoms with van der Waals surface area (Å²) in [4.78, 5) is 57.5. The third-order valence-corrected chi connectivity index (χ3v) is 20.7. The summed E-state index contributed by atoms with van der Waals surface area (Å²) in [7, 11) is 0. The Labute approximate surface area is 729 Å². The molecule has 13 aromatic heterocycles. The van der Waals surface area contributed by atoms with E-state index in [4.69, 9.17) is 0 Å². The van der Waals surface area contributed by atoms with Crippen LogP contribution in [0.1, 0.15) is 28.2 Å². The van der Waals surface area contributed by atoms with Crippen LogP contribution in [-0.4, -0.2) is 64.8 Å². The molecule has 13 heterocycles. The van der Waals surface area contributed by atoms with Gasteiger partial charge in [-0.3, -0.25) is 64.8 Å². The Bertz CT molecular complexity index is 5660. The SMILES string of the molecule is Cc1cccc(-c2cc(-c3ccccn3)cc(-c3ccccn3)c2)n1.Cc1cccc(-c2cc(-c3cccnc3)cc(-c3cccnc3)c2)n1.Cc1cccc(-c2cc(-c3ccncc3)cc(-c3ccncc3)c2)n1.Cc1cncc(-c2cc(-c3ccccc3)cc(-c3ccccc3)c2)c1.Cc1cncc(-c2cc(-c3ccccn3)cc(-c3ccccn3)c2)c1. The molecule has 0 aliphatic rings. The van der Waals surface area contributed by atoms with Crippen molar-refractivity contribution >= 4 is 0 Å². The average molecular weight is 1620 g/mol. The molecule has 0 saturated carbocycles. The van der Waals surface area contributed by atoms with Gasteiger partial charge in [-0.05, 0) is 337 Å².